The van der Waals surface area contributed by atoms with Crippen molar-refractivity contribution >= 4 is 5.69 Å². The van der Waals surface area contributed by atoms with Gasteiger partial charge in [0.25, 0.3) is 0 Å². The molecule has 1 N–H and O–H groups in total. The Morgan fingerprint density at radius 1 is 1.25 bits per heavy atom. The van der Waals surface area contributed by atoms with Gasteiger partial charge in [-0.2, -0.15) is 0 Å². The molecule has 1 heteroatoms. The van der Waals surface area contributed by atoms with Crippen molar-refractivity contribution in [1.82, 2.24) is 0 Å². The number of hydrogen-bond acceptors (Lipinski definition) is 1. The summed E-state index contributed by atoms with van der Waals surface area (Å²) < 4.78 is 0. The molecule has 12 heavy (non-hydrogen) atoms. The second-order valence-corrected chi connectivity index (χ2v) is 3.54. The van der Waals surface area contributed by atoms with Crippen molar-refractivity contribution in [2.24, 2.45) is 0 Å². The van der Waals surface area contributed by atoms with Crippen molar-refractivity contribution in [3.63, 3.8) is 0 Å². The van der Waals surface area contributed by atoms with Gasteiger partial charge in [0.15, 0.2) is 0 Å². The van der Waals surface area contributed by atoms with Crippen molar-refractivity contribution in [1.29, 1.82) is 0 Å². The van der Waals surface area contributed by atoms with E-state index in [-0.39, 0.29) is 0 Å². The molecule has 0 saturated carbocycles. The molecule has 0 aliphatic carbocycles. The van der Waals surface area contributed by atoms with Crippen LogP contribution in [-0.4, -0.2) is 6.54 Å². The van der Waals surface area contributed by atoms with Gasteiger partial charge in [-0.15, -0.1) is 0 Å². The molecule has 0 amide bonds. The highest BCUT2D eigenvalue weighted by molar-refractivity contribution is 5.53. The first-order valence-corrected chi connectivity index (χ1v) is 4.70. The second-order valence-electron chi connectivity index (χ2n) is 3.54. The van der Waals surface area contributed by atoms with E-state index in [2.05, 4.69) is 30.4 Å². The lowest BCUT2D eigenvalue weighted by Crippen LogP contribution is -1.99. The van der Waals surface area contributed by atoms with E-state index in [0.717, 1.165) is 6.54 Å². The highest BCUT2D eigenvalue weighted by atomic mass is 14.9. The molecular formula is C11H15N. The summed E-state index contributed by atoms with van der Waals surface area (Å²) in [5.41, 5.74) is 4.21. The SMILES string of the molecule is Cc1ccc2c(c1)CCCCN2. The third-order valence-corrected chi connectivity index (χ3v) is 2.45. The summed E-state index contributed by atoms with van der Waals surface area (Å²) in [5, 5.41) is 3.45. The maximum Gasteiger partial charge on any atom is 0.0372 e. The van der Waals surface area contributed by atoms with Crippen LogP contribution in [0, 0.1) is 6.92 Å². The smallest absolute Gasteiger partial charge is 0.0372 e. The molecule has 0 fully saturated rings. The van der Waals surface area contributed by atoms with Gasteiger partial charge in [-0.1, -0.05) is 17.7 Å². The lowest BCUT2D eigenvalue weighted by molar-refractivity contribution is 0.785. The van der Waals surface area contributed by atoms with Crippen molar-refractivity contribution < 1.29 is 0 Å². The molecule has 1 aromatic carbocycles. The molecule has 0 radical (unpaired) electrons. The standard InChI is InChI=1S/C11H15N/c1-9-5-6-11-10(8-9)4-2-3-7-12-11/h5-6,8,12H,2-4,7H2,1H3. The van der Waals surface area contributed by atoms with Crippen molar-refractivity contribution in [3.05, 3.63) is 29.3 Å². The summed E-state index contributed by atoms with van der Waals surface area (Å²) in [6.45, 7) is 3.29. The van der Waals surface area contributed by atoms with E-state index in [1.54, 1.807) is 0 Å². The van der Waals surface area contributed by atoms with Gasteiger partial charge in [0.05, 0.1) is 0 Å². The molecule has 0 saturated heterocycles. The van der Waals surface area contributed by atoms with Gasteiger partial charge in [0.2, 0.25) is 0 Å². The predicted molar refractivity (Wildman–Crippen MR) is 52.6 cm³/mol. The number of anilines is 1. The highest BCUT2D eigenvalue weighted by Gasteiger charge is 2.05. The van der Waals surface area contributed by atoms with E-state index >= 15 is 0 Å². The van der Waals surface area contributed by atoms with Gasteiger partial charge in [-0.25, -0.2) is 0 Å². The average molecular weight is 161 g/mol. The van der Waals surface area contributed by atoms with Crippen LogP contribution in [0.2, 0.25) is 0 Å². The zero-order valence-electron chi connectivity index (χ0n) is 7.56. The molecule has 0 unspecified atom stereocenters. The normalized spacial score (nSPS) is 16.1. The minimum absolute atomic E-state index is 1.13. The van der Waals surface area contributed by atoms with E-state index in [9.17, 15) is 0 Å². The van der Waals surface area contributed by atoms with E-state index < -0.39 is 0 Å². The topological polar surface area (TPSA) is 12.0 Å². The van der Waals surface area contributed by atoms with Crippen LogP contribution >= 0.6 is 0 Å². The lowest BCUT2D eigenvalue weighted by Gasteiger charge is -2.07. The largest absolute Gasteiger partial charge is 0.385 e. The third kappa shape index (κ3) is 1.45. The first-order valence-electron chi connectivity index (χ1n) is 4.70. The van der Waals surface area contributed by atoms with Gasteiger partial charge >= 0.3 is 0 Å². The number of rotatable bonds is 0. The highest BCUT2D eigenvalue weighted by Crippen LogP contribution is 2.21. The Balaban J connectivity index is 2.36. The van der Waals surface area contributed by atoms with Crippen molar-refractivity contribution in [2.45, 2.75) is 26.2 Å². The molecule has 1 aromatic rings. The van der Waals surface area contributed by atoms with Crippen LogP contribution in [-0.2, 0) is 6.42 Å². The number of benzene rings is 1. The van der Waals surface area contributed by atoms with E-state index in [0.29, 0.717) is 0 Å². The Morgan fingerprint density at radius 3 is 3.08 bits per heavy atom. The molecule has 2 rings (SSSR count). The lowest BCUT2D eigenvalue weighted by atomic mass is 10.1. The fourth-order valence-electron chi connectivity index (χ4n) is 1.77. The fourth-order valence-corrected chi connectivity index (χ4v) is 1.77. The summed E-state index contributed by atoms with van der Waals surface area (Å²) in [5.74, 6) is 0. The minimum atomic E-state index is 1.13. The van der Waals surface area contributed by atoms with Crippen LogP contribution in [0.1, 0.15) is 24.0 Å². The summed E-state index contributed by atoms with van der Waals surface area (Å²) in [6.07, 6.45) is 3.86. The van der Waals surface area contributed by atoms with Crippen LogP contribution in [0.15, 0.2) is 18.2 Å². The Labute approximate surface area is 73.8 Å². The van der Waals surface area contributed by atoms with Gasteiger partial charge in [0.1, 0.15) is 0 Å². The molecule has 0 spiro atoms. The van der Waals surface area contributed by atoms with Gasteiger partial charge in [-0.05, 0) is 37.8 Å². The van der Waals surface area contributed by atoms with E-state index in [1.165, 1.54) is 36.1 Å². The maximum atomic E-state index is 3.45. The number of fused-ring (bicyclic) bond motifs is 1. The van der Waals surface area contributed by atoms with Crippen molar-refractivity contribution in [2.75, 3.05) is 11.9 Å². The molecule has 1 heterocycles. The third-order valence-electron chi connectivity index (χ3n) is 2.45. The van der Waals surface area contributed by atoms with Gasteiger partial charge in [-0.3, -0.25) is 0 Å². The zero-order chi connectivity index (χ0) is 8.39. The average Bonchev–Trinajstić information content (AvgIpc) is 2.28. The van der Waals surface area contributed by atoms with Crippen LogP contribution < -0.4 is 5.32 Å². The van der Waals surface area contributed by atoms with E-state index in [1.807, 2.05) is 0 Å². The second kappa shape index (κ2) is 3.18. The van der Waals surface area contributed by atoms with E-state index in [4.69, 9.17) is 0 Å². The first-order chi connectivity index (χ1) is 5.86. The minimum Gasteiger partial charge on any atom is -0.385 e. The number of hydrogen-bond donors (Lipinski definition) is 1. The quantitative estimate of drug-likeness (QED) is 0.617. The van der Waals surface area contributed by atoms with Crippen LogP contribution in [0.5, 0.6) is 0 Å². The molecule has 0 bridgehead atoms. The number of aryl methyl sites for hydroxylation is 2. The molecular weight excluding hydrogens is 146 g/mol. The Kier molecular flexibility index (Phi) is 2.03. The van der Waals surface area contributed by atoms with Crippen LogP contribution in [0.3, 0.4) is 0 Å². The fraction of sp³-hybridized carbons (Fsp3) is 0.455. The summed E-state index contributed by atoms with van der Waals surface area (Å²) >= 11 is 0. The van der Waals surface area contributed by atoms with Crippen LogP contribution in [0.4, 0.5) is 5.69 Å². The first kappa shape index (κ1) is 7.66. The van der Waals surface area contributed by atoms with Crippen molar-refractivity contribution in [3.8, 4) is 0 Å². The molecule has 1 aliphatic heterocycles. The predicted octanol–water partition coefficient (Wildman–Crippen LogP) is 2.74. The monoisotopic (exact) mass is 161 g/mol. The molecule has 0 atom stereocenters. The Morgan fingerprint density at radius 2 is 2.17 bits per heavy atom. The Bertz CT molecular complexity index is 278. The molecule has 64 valence electrons. The number of nitrogens with one attached hydrogen (secondary N) is 1. The van der Waals surface area contributed by atoms with Gasteiger partial charge in [0, 0.05) is 12.2 Å². The zero-order valence-corrected chi connectivity index (χ0v) is 7.56. The Hall–Kier alpha value is -0.980. The molecule has 0 aromatic heterocycles. The maximum absolute atomic E-state index is 3.45. The van der Waals surface area contributed by atoms with Crippen LogP contribution in [0.25, 0.3) is 0 Å². The molecule has 1 nitrogen and oxygen atoms in total. The summed E-state index contributed by atoms with van der Waals surface area (Å²) in [7, 11) is 0. The molecule has 1 aliphatic rings. The summed E-state index contributed by atoms with van der Waals surface area (Å²) in [6, 6.07) is 6.68. The summed E-state index contributed by atoms with van der Waals surface area (Å²) in [4.78, 5) is 0. The van der Waals surface area contributed by atoms with Gasteiger partial charge < -0.3 is 5.32 Å².